The largest absolute Gasteiger partial charge is 0.396 e. The van der Waals surface area contributed by atoms with Crippen LogP contribution < -0.4 is 0 Å². The van der Waals surface area contributed by atoms with Crippen molar-refractivity contribution in [2.24, 2.45) is 29.1 Å². The summed E-state index contributed by atoms with van der Waals surface area (Å²) in [6.45, 7) is 13.0. The molecule has 3 saturated carbocycles. The van der Waals surface area contributed by atoms with E-state index in [2.05, 4.69) is 32.6 Å². The van der Waals surface area contributed by atoms with E-state index in [4.69, 9.17) is 5.11 Å². The number of aliphatic hydroxyl groups is 4. The molecule has 3 aliphatic carbocycles. The third-order valence-corrected chi connectivity index (χ3v) is 9.47. The first-order valence-electron chi connectivity index (χ1n) is 13.8. The SMILES string of the molecule is C=C1/C(=C\C=C2CCC[C@@]3(C)C2CC[C@@H]3[C@H](C)CCCC(C)(C)O)C[C@@H](O)[C@H](CCCO)[C@H]1O. The highest BCUT2D eigenvalue weighted by Crippen LogP contribution is 2.60. The second kappa shape index (κ2) is 11.4. The van der Waals surface area contributed by atoms with Crippen LogP contribution in [0.25, 0.3) is 0 Å². The zero-order valence-corrected chi connectivity index (χ0v) is 22.1. The van der Waals surface area contributed by atoms with Gasteiger partial charge in [-0.15, -0.1) is 0 Å². The average Bonchev–Trinajstić information content (AvgIpc) is 3.12. The highest BCUT2D eigenvalue weighted by molar-refractivity contribution is 5.39. The van der Waals surface area contributed by atoms with E-state index in [0.29, 0.717) is 36.5 Å². The minimum absolute atomic E-state index is 0.0798. The van der Waals surface area contributed by atoms with Gasteiger partial charge >= 0.3 is 0 Å². The standard InChI is InChI=1S/C30H50O4/c1-20(9-6-16-29(3,4)34)25-14-15-26-22(10-7-17-30(25,26)5)12-13-23-19-27(32)24(11-8-18-31)28(33)21(23)2/h12-13,20,24-28,31-34H,2,6-11,14-19H2,1,3-5H3/b22-12?,23-13-/t20-,24+,25-,26?,27-,28+,30-/m1/s1. The molecule has 4 heteroatoms. The maximum Gasteiger partial charge on any atom is 0.0839 e. The van der Waals surface area contributed by atoms with Crippen LogP contribution in [-0.2, 0) is 0 Å². The van der Waals surface area contributed by atoms with Gasteiger partial charge in [-0.2, -0.15) is 0 Å². The Morgan fingerprint density at radius 3 is 2.59 bits per heavy atom. The predicted octanol–water partition coefficient (Wildman–Crippen LogP) is 5.70. The maximum atomic E-state index is 10.7. The van der Waals surface area contributed by atoms with Crippen molar-refractivity contribution in [2.45, 2.75) is 116 Å². The van der Waals surface area contributed by atoms with Gasteiger partial charge in [0.15, 0.2) is 0 Å². The monoisotopic (exact) mass is 474 g/mol. The van der Waals surface area contributed by atoms with Crippen LogP contribution in [0.15, 0.2) is 35.5 Å². The van der Waals surface area contributed by atoms with E-state index in [-0.39, 0.29) is 12.5 Å². The fourth-order valence-corrected chi connectivity index (χ4v) is 7.50. The lowest BCUT2D eigenvalue weighted by Crippen LogP contribution is -2.38. The molecule has 3 rings (SSSR count). The van der Waals surface area contributed by atoms with Crippen molar-refractivity contribution in [2.75, 3.05) is 6.61 Å². The Labute approximate surface area is 207 Å². The second-order valence-corrected chi connectivity index (χ2v) is 12.5. The molecule has 3 fully saturated rings. The van der Waals surface area contributed by atoms with Crippen molar-refractivity contribution in [1.82, 2.24) is 0 Å². The molecule has 0 spiro atoms. The molecule has 0 aromatic carbocycles. The molecule has 0 aromatic rings. The Balaban J connectivity index is 1.69. The van der Waals surface area contributed by atoms with Crippen LogP contribution in [0.5, 0.6) is 0 Å². The van der Waals surface area contributed by atoms with Gasteiger partial charge in [-0.1, -0.05) is 51.0 Å². The van der Waals surface area contributed by atoms with Gasteiger partial charge in [0.2, 0.25) is 0 Å². The molecule has 4 N–H and O–H groups in total. The summed E-state index contributed by atoms with van der Waals surface area (Å²) in [4.78, 5) is 0. The quantitative estimate of drug-likeness (QED) is 0.345. The smallest absolute Gasteiger partial charge is 0.0839 e. The third kappa shape index (κ3) is 6.24. The number of hydrogen-bond donors (Lipinski definition) is 4. The summed E-state index contributed by atoms with van der Waals surface area (Å²) >= 11 is 0. The summed E-state index contributed by atoms with van der Waals surface area (Å²) in [5.74, 6) is 1.78. The van der Waals surface area contributed by atoms with Gasteiger partial charge in [0.25, 0.3) is 0 Å². The van der Waals surface area contributed by atoms with Crippen molar-refractivity contribution < 1.29 is 20.4 Å². The molecule has 3 aliphatic rings. The van der Waals surface area contributed by atoms with Crippen molar-refractivity contribution in [3.8, 4) is 0 Å². The molecule has 7 atom stereocenters. The van der Waals surface area contributed by atoms with Gasteiger partial charge < -0.3 is 20.4 Å². The molecule has 0 radical (unpaired) electrons. The fourth-order valence-electron chi connectivity index (χ4n) is 7.50. The first kappa shape index (κ1) is 27.6. The maximum absolute atomic E-state index is 10.7. The topological polar surface area (TPSA) is 80.9 Å². The number of fused-ring (bicyclic) bond motifs is 1. The highest BCUT2D eigenvalue weighted by atomic mass is 16.3. The summed E-state index contributed by atoms with van der Waals surface area (Å²) < 4.78 is 0. The Bertz CT molecular complexity index is 760. The van der Waals surface area contributed by atoms with Crippen LogP contribution in [0.1, 0.15) is 98.3 Å². The van der Waals surface area contributed by atoms with E-state index in [0.717, 1.165) is 36.3 Å². The zero-order chi connectivity index (χ0) is 25.1. The van der Waals surface area contributed by atoms with Gasteiger partial charge in [-0.05, 0) is 106 Å². The van der Waals surface area contributed by atoms with Crippen LogP contribution in [0, 0.1) is 29.1 Å². The molecule has 0 amide bonds. The van der Waals surface area contributed by atoms with Gasteiger partial charge in [-0.25, -0.2) is 0 Å². The minimum atomic E-state index is -0.739. The van der Waals surface area contributed by atoms with Crippen molar-refractivity contribution >= 4 is 0 Å². The lowest BCUT2D eigenvalue weighted by molar-refractivity contribution is 0.0112. The number of rotatable bonds is 9. The van der Waals surface area contributed by atoms with E-state index in [1.807, 2.05) is 13.8 Å². The molecular weight excluding hydrogens is 424 g/mol. The molecule has 0 saturated heterocycles. The molecule has 0 aromatic heterocycles. The molecule has 0 bridgehead atoms. The van der Waals surface area contributed by atoms with Crippen molar-refractivity contribution in [3.05, 3.63) is 35.5 Å². The number of allylic oxidation sites excluding steroid dienone is 3. The Kier molecular flexibility index (Phi) is 9.28. The molecular formula is C30H50O4. The van der Waals surface area contributed by atoms with E-state index >= 15 is 0 Å². The van der Waals surface area contributed by atoms with Crippen LogP contribution in [0.4, 0.5) is 0 Å². The average molecular weight is 475 g/mol. The molecule has 1 unspecified atom stereocenters. The van der Waals surface area contributed by atoms with E-state index < -0.39 is 17.8 Å². The highest BCUT2D eigenvalue weighted by Gasteiger charge is 2.50. The summed E-state index contributed by atoms with van der Waals surface area (Å²) in [5.41, 5.74) is 3.00. The summed E-state index contributed by atoms with van der Waals surface area (Å²) in [6, 6.07) is 0. The molecule has 0 aliphatic heterocycles. The third-order valence-electron chi connectivity index (χ3n) is 9.47. The summed E-state index contributed by atoms with van der Waals surface area (Å²) in [6.07, 6.45) is 14.2. The molecule has 0 heterocycles. The van der Waals surface area contributed by atoms with Gasteiger partial charge in [0, 0.05) is 12.5 Å². The first-order chi connectivity index (χ1) is 16.0. The lowest BCUT2D eigenvalue weighted by atomic mass is 9.60. The molecule has 34 heavy (non-hydrogen) atoms. The normalized spacial score (nSPS) is 37.9. The van der Waals surface area contributed by atoms with Gasteiger partial charge in [0.05, 0.1) is 17.8 Å². The summed E-state index contributed by atoms with van der Waals surface area (Å²) in [7, 11) is 0. The van der Waals surface area contributed by atoms with Crippen LogP contribution in [0.2, 0.25) is 0 Å². The van der Waals surface area contributed by atoms with Crippen LogP contribution in [0.3, 0.4) is 0 Å². The molecule has 194 valence electrons. The predicted molar refractivity (Wildman–Crippen MR) is 139 cm³/mol. The van der Waals surface area contributed by atoms with Crippen LogP contribution in [-0.4, -0.2) is 44.8 Å². The first-order valence-corrected chi connectivity index (χ1v) is 13.8. The van der Waals surface area contributed by atoms with Crippen LogP contribution >= 0.6 is 0 Å². The number of aliphatic hydroxyl groups excluding tert-OH is 3. The number of hydrogen-bond acceptors (Lipinski definition) is 4. The van der Waals surface area contributed by atoms with Crippen molar-refractivity contribution in [3.63, 3.8) is 0 Å². The molecule has 4 nitrogen and oxygen atoms in total. The van der Waals surface area contributed by atoms with E-state index in [1.165, 1.54) is 37.7 Å². The summed E-state index contributed by atoms with van der Waals surface area (Å²) in [5, 5.41) is 40.6. The van der Waals surface area contributed by atoms with E-state index in [9.17, 15) is 15.3 Å². The lowest BCUT2D eigenvalue weighted by Gasteiger charge is -2.44. The van der Waals surface area contributed by atoms with Gasteiger partial charge in [0.1, 0.15) is 0 Å². The Morgan fingerprint density at radius 1 is 1.18 bits per heavy atom. The minimum Gasteiger partial charge on any atom is -0.396 e. The Morgan fingerprint density at radius 2 is 1.91 bits per heavy atom. The fraction of sp³-hybridized carbons (Fsp3) is 0.800. The van der Waals surface area contributed by atoms with E-state index in [1.54, 1.807) is 0 Å². The van der Waals surface area contributed by atoms with Crippen molar-refractivity contribution in [1.29, 1.82) is 0 Å². The Hall–Kier alpha value is -0.940. The van der Waals surface area contributed by atoms with Gasteiger partial charge in [-0.3, -0.25) is 0 Å². The second-order valence-electron chi connectivity index (χ2n) is 12.5. The zero-order valence-electron chi connectivity index (χ0n) is 22.1.